The minimum atomic E-state index is -0.334. The Morgan fingerprint density at radius 1 is 1.33 bits per heavy atom. The van der Waals surface area contributed by atoms with Crippen LogP contribution in [0.25, 0.3) is 0 Å². The second-order valence-electron chi connectivity index (χ2n) is 5.23. The third kappa shape index (κ3) is 4.77. The first-order valence-electron chi connectivity index (χ1n) is 7.33. The van der Waals surface area contributed by atoms with E-state index in [0.717, 1.165) is 18.4 Å². The minimum absolute atomic E-state index is 0.0334. The summed E-state index contributed by atoms with van der Waals surface area (Å²) in [6.07, 6.45) is 2.30. The molecule has 2 rings (SSSR count). The Bertz CT molecular complexity index is 511. The quantitative estimate of drug-likeness (QED) is 0.782. The van der Waals surface area contributed by atoms with Crippen molar-refractivity contribution in [2.75, 3.05) is 6.61 Å². The molecule has 1 aliphatic rings. The average Bonchev–Trinajstić information content (AvgIpc) is 3.27. The van der Waals surface area contributed by atoms with E-state index in [-0.39, 0.29) is 36.5 Å². The van der Waals surface area contributed by atoms with Crippen LogP contribution in [0.5, 0.6) is 5.75 Å². The maximum Gasteiger partial charge on any atom is 0.306 e. The Balaban J connectivity index is 1.92. The van der Waals surface area contributed by atoms with E-state index in [4.69, 9.17) is 4.74 Å². The third-order valence-electron chi connectivity index (χ3n) is 3.42. The number of hydrogen-bond donors (Lipinski definition) is 1. The predicted molar refractivity (Wildman–Crippen MR) is 77.5 cm³/mol. The second-order valence-corrected chi connectivity index (χ2v) is 5.23. The highest BCUT2D eigenvalue weighted by atomic mass is 16.5. The van der Waals surface area contributed by atoms with Gasteiger partial charge in [-0.25, -0.2) is 0 Å². The molecule has 0 heterocycles. The topological polar surface area (TPSA) is 66.8 Å². The van der Waals surface area contributed by atoms with Crippen molar-refractivity contribution in [1.82, 2.24) is 4.90 Å². The molecule has 1 fully saturated rings. The van der Waals surface area contributed by atoms with Crippen LogP contribution in [-0.2, 0) is 20.9 Å². The maximum absolute atomic E-state index is 12.3. The summed E-state index contributed by atoms with van der Waals surface area (Å²) in [5, 5.41) is 9.49. The van der Waals surface area contributed by atoms with E-state index in [1.165, 1.54) is 0 Å². The summed E-state index contributed by atoms with van der Waals surface area (Å²) in [4.78, 5) is 25.4. The van der Waals surface area contributed by atoms with E-state index >= 15 is 0 Å². The molecule has 0 atom stereocenters. The lowest BCUT2D eigenvalue weighted by Gasteiger charge is -2.22. The van der Waals surface area contributed by atoms with Crippen molar-refractivity contribution in [3.8, 4) is 5.75 Å². The molecule has 0 aliphatic heterocycles. The summed E-state index contributed by atoms with van der Waals surface area (Å²) in [6.45, 7) is 2.56. The van der Waals surface area contributed by atoms with Crippen LogP contribution in [0.15, 0.2) is 24.3 Å². The van der Waals surface area contributed by atoms with Crippen molar-refractivity contribution in [2.24, 2.45) is 0 Å². The van der Waals surface area contributed by atoms with Gasteiger partial charge in [0.05, 0.1) is 13.0 Å². The molecular formula is C16H21NO4. The average molecular weight is 291 g/mol. The summed E-state index contributed by atoms with van der Waals surface area (Å²) in [5.74, 6) is -0.171. The van der Waals surface area contributed by atoms with Crippen LogP contribution in [0.4, 0.5) is 0 Å². The van der Waals surface area contributed by atoms with Crippen molar-refractivity contribution < 1.29 is 19.4 Å². The predicted octanol–water partition coefficient (Wildman–Crippen LogP) is 2.23. The number of amides is 1. The van der Waals surface area contributed by atoms with Gasteiger partial charge < -0.3 is 14.7 Å². The monoisotopic (exact) mass is 291 g/mol. The SMILES string of the molecule is CCOC(=O)CCC(=O)N(Cc1cccc(O)c1)C1CC1. The minimum Gasteiger partial charge on any atom is -0.508 e. The smallest absolute Gasteiger partial charge is 0.306 e. The Morgan fingerprint density at radius 3 is 2.71 bits per heavy atom. The number of aromatic hydroxyl groups is 1. The number of esters is 1. The third-order valence-corrected chi connectivity index (χ3v) is 3.42. The first kappa shape index (κ1) is 15.4. The van der Waals surface area contributed by atoms with E-state index in [2.05, 4.69) is 0 Å². The molecule has 5 heteroatoms. The van der Waals surface area contributed by atoms with Gasteiger partial charge in [-0.2, -0.15) is 0 Å². The zero-order valence-electron chi connectivity index (χ0n) is 12.2. The first-order valence-corrected chi connectivity index (χ1v) is 7.33. The van der Waals surface area contributed by atoms with E-state index in [9.17, 15) is 14.7 Å². The van der Waals surface area contributed by atoms with Crippen LogP contribution in [0.3, 0.4) is 0 Å². The molecule has 1 aromatic carbocycles. The number of rotatable bonds is 7. The number of hydrogen-bond acceptors (Lipinski definition) is 4. The molecule has 1 saturated carbocycles. The summed E-state index contributed by atoms with van der Waals surface area (Å²) < 4.78 is 4.84. The highest BCUT2D eigenvalue weighted by Gasteiger charge is 2.32. The Hall–Kier alpha value is -2.04. The Morgan fingerprint density at radius 2 is 2.10 bits per heavy atom. The second kappa shape index (κ2) is 7.11. The van der Waals surface area contributed by atoms with E-state index in [1.54, 1.807) is 30.0 Å². The number of nitrogens with zero attached hydrogens (tertiary/aromatic N) is 1. The standard InChI is InChI=1S/C16H21NO4/c1-2-21-16(20)9-8-15(19)17(13-6-7-13)11-12-4-3-5-14(18)10-12/h3-5,10,13,18H,2,6-9,11H2,1H3. The lowest BCUT2D eigenvalue weighted by atomic mass is 10.2. The van der Waals surface area contributed by atoms with Crippen molar-refractivity contribution in [3.05, 3.63) is 29.8 Å². The van der Waals surface area contributed by atoms with Gasteiger partial charge in [-0.1, -0.05) is 12.1 Å². The number of benzene rings is 1. The Labute approximate surface area is 124 Å². The summed E-state index contributed by atoms with van der Waals surface area (Å²) in [7, 11) is 0. The fourth-order valence-corrected chi connectivity index (χ4v) is 2.24. The number of carbonyl (C=O) groups is 2. The van der Waals surface area contributed by atoms with E-state index in [1.807, 2.05) is 6.07 Å². The number of phenols is 1. The van der Waals surface area contributed by atoms with E-state index < -0.39 is 0 Å². The van der Waals surface area contributed by atoms with Gasteiger partial charge in [0.2, 0.25) is 5.91 Å². The fraction of sp³-hybridized carbons (Fsp3) is 0.500. The molecule has 1 aromatic rings. The molecule has 1 N–H and O–H groups in total. The van der Waals surface area contributed by atoms with Gasteiger partial charge in [-0.05, 0) is 37.5 Å². The molecule has 0 spiro atoms. The number of carbonyl (C=O) groups excluding carboxylic acids is 2. The van der Waals surface area contributed by atoms with Gasteiger partial charge in [0.1, 0.15) is 5.75 Å². The number of phenolic OH excluding ortho intramolecular Hbond substituents is 1. The van der Waals surface area contributed by atoms with Gasteiger partial charge in [0.15, 0.2) is 0 Å². The zero-order chi connectivity index (χ0) is 15.2. The van der Waals surface area contributed by atoms with Crippen molar-refractivity contribution >= 4 is 11.9 Å². The van der Waals surface area contributed by atoms with Crippen molar-refractivity contribution in [2.45, 2.75) is 45.2 Å². The van der Waals surface area contributed by atoms with Gasteiger partial charge in [-0.15, -0.1) is 0 Å². The molecule has 1 aliphatic carbocycles. The van der Waals surface area contributed by atoms with E-state index in [0.29, 0.717) is 13.2 Å². The molecule has 0 saturated heterocycles. The van der Waals surface area contributed by atoms with Crippen LogP contribution < -0.4 is 0 Å². The summed E-state index contributed by atoms with van der Waals surface area (Å²) >= 11 is 0. The fourth-order valence-electron chi connectivity index (χ4n) is 2.24. The lowest BCUT2D eigenvalue weighted by Crippen LogP contribution is -2.32. The highest BCUT2D eigenvalue weighted by Crippen LogP contribution is 2.29. The molecule has 1 amide bonds. The highest BCUT2D eigenvalue weighted by molar-refractivity contribution is 5.81. The Kier molecular flexibility index (Phi) is 5.20. The largest absolute Gasteiger partial charge is 0.508 e. The molecule has 0 unspecified atom stereocenters. The molecule has 0 aromatic heterocycles. The number of ether oxygens (including phenoxy) is 1. The van der Waals surface area contributed by atoms with Crippen LogP contribution >= 0.6 is 0 Å². The van der Waals surface area contributed by atoms with Crippen LogP contribution in [-0.4, -0.2) is 34.5 Å². The zero-order valence-corrected chi connectivity index (χ0v) is 12.2. The summed E-state index contributed by atoms with van der Waals surface area (Å²) in [5.41, 5.74) is 0.895. The molecule has 21 heavy (non-hydrogen) atoms. The van der Waals surface area contributed by atoms with Gasteiger partial charge in [0, 0.05) is 19.0 Å². The molecular weight excluding hydrogens is 270 g/mol. The maximum atomic E-state index is 12.3. The van der Waals surface area contributed by atoms with Gasteiger partial charge >= 0.3 is 5.97 Å². The lowest BCUT2D eigenvalue weighted by molar-refractivity contribution is -0.146. The van der Waals surface area contributed by atoms with Gasteiger partial charge in [0.25, 0.3) is 0 Å². The normalized spacial score (nSPS) is 13.8. The van der Waals surface area contributed by atoms with Crippen molar-refractivity contribution in [1.29, 1.82) is 0 Å². The first-order chi connectivity index (χ1) is 10.1. The molecule has 0 radical (unpaired) electrons. The summed E-state index contributed by atoms with van der Waals surface area (Å²) in [6, 6.07) is 7.18. The van der Waals surface area contributed by atoms with Crippen molar-refractivity contribution in [3.63, 3.8) is 0 Å². The molecule has 0 bridgehead atoms. The van der Waals surface area contributed by atoms with Crippen LogP contribution in [0, 0.1) is 0 Å². The molecule has 114 valence electrons. The van der Waals surface area contributed by atoms with Crippen LogP contribution in [0.1, 0.15) is 38.2 Å². The van der Waals surface area contributed by atoms with Crippen LogP contribution in [0.2, 0.25) is 0 Å². The molecule has 5 nitrogen and oxygen atoms in total. The van der Waals surface area contributed by atoms with Gasteiger partial charge in [-0.3, -0.25) is 9.59 Å².